The first-order valence-corrected chi connectivity index (χ1v) is 6.98. The Morgan fingerprint density at radius 3 is 2.39 bits per heavy atom. The van der Waals surface area contributed by atoms with Gasteiger partial charge in [-0.3, -0.25) is 4.79 Å². The first-order chi connectivity index (χ1) is 8.66. The zero-order chi connectivity index (χ0) is 13.0. The van der Waals surface area contributed by atoms with Crippen LogP contribution in [0.1, 0.15) is 68.4 Å². The van der Waals surface area contributed by atoms with Gasteiger partial charge >= 0.3 is 5.97 Å². The van der Waals surface area contributed by atoms with Gasteiger partial charge < -0.3 is 5.11 Å². The van der Waals surface area contributed by atoms with Gasteiger partial charge in [0.1, 0.15) is 0 Å². The maximum Gasteiger partial charge on any atom is 0.303 e. The van der Waals surface area contributed by atoms with Gasteiger partial charge in [-0.05, 0) is 35.8 Å². The van der Waals surface area contributed by atoms with Crippen molar-refractivity contribution in [2.24, 2.45) is 0 Å². The zero-order valence-electron chi connectivity index (χ0n) is 11.1. The van der Waals surface area contributed by atoms with E-state index in [1.165, 1.54) is 37.7 Å². The number of benzene rings is 1. The Hall–Kier alpha value is -1.31. The number of aliphatic carboxylic acids is 1. The quantitative estimate of drug-likeness (QED) is 0.859. The second kappa shape index (κ2) is 6.03. The lowest BCUT2D eigenvalue weighted by Crippen LogP contribution is -2.06. The molecule has 1 aliphatic rings. The number of hydrogen-bond donors (Lipinski definition) is 1. The number of carbonyl (C=O) groups is 1. The molecule has 1 unspecified atom stereocenters. The molecule has 1 saturated carbocycles. The van der Waals surface area contributed by atoms with Crippen molar-refractivity contribution in [3.63, 3.8) is 0 Å². The molecule has 1 fully saturated rings. The van der Waals surface area contributed by atoms with Crippen LogP contribution in [0.3, 0.4) is 0 Å². The van der Waals surface area contributed by atoms with E-state index in [4.69, 9.17) is 5.11 Å². The minimum Gasteiger partial charge on any atom is -0.481 e. The Morgan fingerprint density at radius 2 is 1.83 bits per heavy atom. The molecule has 2 nitrogen and oxygen atoms in total. The lowest BCUT2D eigenvalue weighted by molar-refractivity contribution is -0.137. The molecule has 18 heavy (non-hydrogen) atoms. The fraction of sp³-hybridized carbons (Fsp3) is 0.562. The van der Waals surface area contributed by atoms with Gasteiger partial charge in [-0.25, -0.2) is 0 Å². The van der Waals surface area contributed by atoms with Crippen LogP contribution in [0, 0.1) is 0 Å². The molecule has 1 N–H and O–H groups in total. The first kappa shape index (κ1) is 13.1. The average Bonchev–Trinajstić information content (AvgIpc) is 2.39. The van der Waals surface area contributed by atoms with Crippen molar-refractivity contribution in [2.75, 3.05) is 0 Å². The number of carboxylic acid groups (broad SMARTS) is 1. The van der Waals surface area contributed by atoms with Crippen LogP contribution in [0.4, 0.5) is 0 Å². The van der Waals surface area contributed by atoms with E-state index in [-0.39, 0.29) is 12.3 Å². The van der Waals surface area contributed by atoms with Gasteiger partial charge in [0.25, 0.3) is 0 Å². The third-order valence-corrected chi connectivity index (χ3v) is 4.06. The standard InChI is InChI=1S/C16H22O2/c1-12(11-16(17)18)13-7-9-15(10-8-13)14-5-3-2-4-6-14/h7-10,12,14H,2-6,11H2,1H3,(H,17,18). The zero-order valence-corrected chi connectivity index (χ0v) is 11.1. The summed E-state index contributed by atoms with van der Waals surface area (Å²) in [5.41, 5.74) is 2.57. The molecule has 0 radical (unpaired) electrons. The highest BCUT2D eigenvalue weighted by atomic mass is 16.4. The monoisotopic (exact) mass is 246 g/mol. The number of rotatable bonds is 4. The Bertz CT molecular complexity index is 388. The van der Waals surface area contributed by atoms with E-state index in [0.717, 1.165) is 11.5 Å². The lowest BCUT2D eigenvalue weighted by Gasteiger charge is -2.22. The molecule has 0 amide bonds. The van der Waals surface area contributed by atoms with Gasteiger partial charge in [-0.15, -0.1) is 0 Å². The van der Waals surface area contributed by atoms with E-state index < -0.39 is 5.97 Å². The molecule has 2 heteroatoms. The average molecular weight is 246 g/mol. The smallest absolute Gasteiger partial charge is 0.303 e. The molecule has 0 spiro atoms. The Morgan fingerprint density at radius 1 is 1.22 bits per heavy atom. The van der Waals surface area contributed by atoms with Crippen LogP contribution in [-0.4, -0.2) is 11.1 Å². The molecule has 0 bridgehead atoms. The van der Waals surface area contributed by atoms with Crippen LogP contribution in [0.5, 0.6) is 0 Å². The van der Waals surface area contributed by atoms with E-state index in [1.807, 2.05) is 6.92 Å². The van der Waals surface area contributed by atoms with Crippen molar-refractivity contribution in [3.05, 3.63) is 35.4 Å². The van der Waals surface area contributed by atoms with Crippen molar-refractivity contribution in [3.8, 4) is 0 Å². The van der Waals surface area contributed by atoms with Crippen LogP contribution >= 0.6 is 0 Å². The third kappa shape index (κ3) is 3.34. The van der Waals surface area contributed by atoms with Crippen LogP contribution < -0.4 is 0 Å². The van der Waals surface area contributed by atoms with Gasteiger partial charge in [0.05, 0.1) is 6.42 Å². The Kier molecular flexibility index (Phi) is 4.40. The normalized spacial score (nSPS) is 18.5. The topological polar surface area (TPSA) is 37.3 Å². The number of carboxylic acids is 1. The van der Waals surface area contributed by atoms with Crippen LogP contribution in [0.2, 0.25) is 0 Å². The molecule has 1 aliphatic carbocycles. The summed E-state index contributed by atoms with van der Waals surface area (Å²) in [7, 11) is 0. The molecule has 2 rings (SSSR count). The van der Waals surface area contributed by atoms with E-state index in [0.29, 0.717) is 0 Å². The third-order valence-electron chi connectivity index (χ3n) is 4.06. The summed E-state index contributed by atoms with van der Waals surface area (Å²) in [5, 5.41) is 8.80. The summed E-state index contributed by atoms with van der Waals surface area (Å²) in [4.78, 5) is 10.7. The van der Waals surface area contributed by atoms with Gasteiger partial charge in [-0.2, -0.15) is 0 Å². The summed E-state index contributed by atoms with van der Waals surface area (Å²) >= 11 is 0. The molecule has 1 aromatic rings. The van der Waals surface area contributed by atoms with Crippen LogP contribution in [0.15, 0.2) is 24.3 Å². The second-order valence-corrected chi connectivity index (χ2v) is 5.50. The van der Waals surface area contributed by atoms with Gasteiger partial charge in [0.15, 0.2) is 0 Å². The second-order valence-electron chi connectivity index (χ2n) is 5.50. The maximum atomic E-state index is 10.7. The molecular weight excluding hydrogens is 224 g/mol. The van der Waals surface area contributed by atoms with E-state index in [2.05, 4.69) is 24.3 Å². The molecule has 0 aromatic heterocycles. The predicted molar refractivity (Wildman–Crippen MR) is 72.9 cm³/mol. The molecular formula is C16H22O2. The van der Waals surface area contributed by atoms with Crippen LogP contribution in [-0.2, 0) is 4.79 Å². The van der Waals surface area contributed by atoms with E-state index in [1.54, 1.807) is 0 Å². The molecule has 1 atom stereocenters. The molecule has 0 saturated heterocycles. The highest BCUT2D eigenvalue weighted by Gasteiger charge is 2.16. The lowest BCUT2D eigenvalue weighted by atomic mass is 9.83. The minimum absolute atomic E-state index is 0.0999. The minimum atomic E-state index is -0.723. The van der Waals surface area contributed by atoms with Crippen LogP contribution in [0.25, 0.3) is 0 Å². The summed E-state index contributed by atoms with van der Waals surface area (Å²) in [6, 6.07) is 8.61. The summed E-state index contributed by atoms with van der Waals surface area (Å²) in [5.74, 6) is 0.101. The maximum absolute atomic E-state index is 10.7. The number of hydrogen-bond acceptors (Lipinski definition) is 1. The molecule has 98 valence electrons. The molecule has 0 heterocycles. The SMILES string of the molecule is CC(CC(=O)O)c1ccc(C2CCCCC2)cc1. The molecule has 1 aromatic carbocycles. The largest absolute Gasteiger partial charge is 0.481 e. The van der Waals surface area contributed by atoms with Gasteiger partial charge in [0.2, 0.25) is 0 Å². The first-order valence-electron chi connectivity index (χ1n) is 6.98. The molecule has 0 aliphatic heterocycles. The summed E-state index contributed by atoms with van der Waals surface area (Å²) in [6.07, 6.45) is 6.91. The van der Waals surface area contributed by atoms with Crippen molar-refractivity contribution in [2.45, 2.75) is 57.3 Å². The van der Waals surface area contributed by atoms with Crippen molar-refractivity contribution in [1.82, 2.24) is 0 Å². The highest BCUT2D eigenvalue weighted by molar-refractivity contribution is 5.67. The van der Waals surface area contributed by atoms with E-state index >= 15 is 0 Å². The van der Waals surface area contributed by atoms with Crippen molar-refractivity contribution in [1.29, 1.82) is 0 Å². The Balaban J connectivity index is 2.02. The highest BCUT2D eigenvalue weighted by Crippen LogP contribution is 2.33. The predicted octanol–water partition coefficient (Wildman–Crippen LogP) is 4.31. The summed E-state index contributed by atoms with van der Waals surface area (Å²) in [6.45, 7) is 1.98. The fourth-order valence-corrected chi connectivity index (χ4v) is 2.91. The van der Waals surface area contributed by atoms with Gasteiger partial charge in [0, 0.05) is 0 Å². The van der Waals surface area contributed by atoms with Crippen molar-refractivity contribution < 1.29 is 9.90 Å². The summed E-state index contributed by atoms with van der Waals surface area (Å²) < 4.78 is 0. The van der Waals surface area contributed by atoms with E-state index in [9.17, 15) is 4.79 Å². The fourth-order valence-electron chi connectivity index (χ4n) is 2.91. The van der Waals surface area contributed by atoms with Gasteiger partial charge in [-0.1, -0.05) is 50.5 Å². The Labute approximate surface area is 109 Å². The van der Waals surface area contributed by atoms with Crippen molar-refractivity contribution >= 4 is 5.97 Å².